The molecule has 0 bridgehead atoms. The molecule has 6 heteroatoms. The van der Waals surface area contributed by atoms with E-state index in [1.165, 1.54) is 0 Å². The molecule has 1 aliphatic heterocycles. The molecular weight excluding hydrogens is 320 g/mol. The van der Waals surface area contributed by atoms with Gasteiger partial charge in [-0.1, -0.05) is 18.2 Å². The quantitative estimate of drug-likeness (QED) is 0.903. The Kier molecular flexibility index (Phi) is 6.28. The lowest BCUT2D eigenvalue weighted by molar-refractivity contribution is -0.135. The van der Waals surface area contributed by atoms with E-state index in [1.807, 2.05) is 56.0 Å². The van der Waals surface area contributed by atoms with Gasteiger partial charge in [0.15, 0.2) is 0 Å². The zero-order valence-electron chi connectivity index (χ0n) is 15.3. The van der Waals surface area contributed by atoms with Gasteiger partial charge < -0.3 is 19.6 Å². The molecule has 1 aromatic rings. The van der Waals surface area contributed by atoms with Crippen LogP contribution in [0.5, 0.6) is 0 Å². The molecule has 0 saturated carbocycles. The van der Waals surface area contributed by atoms with Crippen LogP contribution in [0, 0.1) is 0 Å². The number of para-hydroxylation sites is 1. The fourth-order valence-electron chi connectivity index (χ4n) is 3.10. The average molecular weight is 348 g/mol. The molecule has 1 heterocycles. The number of nitrogens with zero attached hydrogens (tertiary/aromatic N) is 2. The molecule has 138 valence electrons. The Hall–Kier alpha value is -2.24. The number of amides is 1. The summed E-state index contributed by atoms with van der Waals surface area (Å²) < 4.78 is 5.46. The van der Waals surface area contributed by atoms with Crippen molar-refractivity contribution in [2.45, 2.75) is 51.7 Å². The molecule has 1 fully saturated rings. The topological polar surface area (TPSA) is 70.1 Å². The molecule has 0 aliphatic carbocycles. The summed E-state index contributed by atoms with van der Waals surface area (Å²) in [6.07, 6.45) is 2.10. The van der Waals surface area contributed by atoms with Crippen molar-refractivity contribution in [1.29, 1.82) is 0 Å². The number of aliphatic carboxylic acids is 1. The summed E-state index contributed by atoms with van der Waals surface area (Å²) in [4.78, 5) is 27.3. The van der Waals surface area contributed by atoms with Crippen molar-refractivity contribution in [3.63, 3.8) is 0 Å². The number of carboxylic acid groups (broad SMARTS) is 1. The Morgan fingerprint density at radius 1 is 1.20 bits per heavy atom. The zero-order valence-corrected chi connectivity index (χ0v) is 15.3. The van der Waals surface area contributed by atoms with Gasteiger partial charge in [0, 0.05) is 24.8 Å². The third kappa shape index (κ3) is 5.96. The first-order chi connectivity index (χ1) is 11.8. The van der Waals surface area contributed by atoms with E-state index in [0.29, 0.717) is 13.1 Å². The molecular formula is C19H28N2O4. The Morgan fingerprint density at radius 3 is 2.48 bits per heavy atom. The molecule has 1 aromatic carbocycles. The summed E-state index contributed by atoms with van der Waals surface area (Å²) in [5.41, 5.74) is 0.392. The van der Waals surface area contributed by atoms with E-state index < -0.39 is 11.6 Å². The Morgan fingerprint density at radius 2 is 1.88 bits per heavy atom. The van der Waals surface area contributed by atoms with E-state index in [1.54, 1.807) is 4.90 Å². The molecule has 0 radical (unpaired) electrons. The Labute approximate surface area is 149 Å². The second kappa shape index (κ2) is 8.23. The maximum absolute atomic E-state index is 12.3. The fourth-order valence-corrected chi connectivity index (χ4v) is 3.10. The Bertz CT molecular complexity index is 583. The van der Waals surface area contributed by atoms with E-state index in [-0.39, 0.29) is 18.7 Å². The van der Waals surface area contributed by atoms with Gasteiger partial charge in [0.25, 0.3) is 0 Å². The van der Waals surface area contributed by atoms with Crippen LogP contribution in [-0.4, -0.2) is 53.3 Å². The van der Waals surface area contributed by atoms with Crippen molar-refractivity contribution in [2.75, 3.05) is 24.5 Å². The number of carbonyl (C=O) groups excluding carboxylic acids is 1. The lowest BCUT2D eigenvalue weighted by atomic mass is 10.1. The standard InChI is InChI=1S/C19H28N2O4/c1-19(2,3)25-18(24)20-12-7-10-16(11-13-20)21(14-17(22)23)15-8-5-4-6-9-15/h4-6,8-9,16H,7,10-14H2,1-3H3,(H,22,23). The van der Waals surface area contributed by atoms with Crippen molar-refractivity contribution in [3.8, 4) is 0 Å². The second-order valence-electron chi connectivity index (χ2n) is 7.41. The Balaban J connectivity index is 2.06. The first kappa shape index (κ1) is 19.1. The van der Waals surface area contributed by atoms with E-state index in [0.717, 1.165) is 24.9 Å². The summed E-state index contributed by atoms with van der Waals surface area (Å²) in [6, 6.07) is 9.69. The number of anilines is 1. The summed E-state index contributed by atoms with van der Waals surface area (Å²) in [7, 11) is 0. The number of rotatable bonds is 4. The summed E-state index contributed by atoms with van der Waals surface area (Å²) in [5.74, 6) is -0.850. The van der Waals surface area contributed by atoms with Gasteiger partial charge in [-0.15, -0.1) is 0 Å². The van der Waals surface area contributed by atoms with Crippen molar-refractivity contribution >= 4 is 17.7 Å². The highest BCUT2D eigenvalue weighted by molar-refractivity contribution is 5.74. The highest BCUT2D eigenvalue weighted by Crippen LogP contribution is 2.24. The number of likely N-dealkylation sites (tertiary alicyclic amines) is 1. The van der Waals surface area contributed by atoms with Crippen LogP contribution in [0.15, 0.2) is 30.3 Å². The number of benzene rings is 1. The number of carboxylic acids is 1. The molecule has 1 atom stereocenters. The molecule has 1 N–H and O–H groups in total. The van der Waals surface area contributed by atoms with Gasteiger partial charge in [-0.05, 0) is 52.2 Å². The van der Waals surface area contributed by atoms with Gasteiger partial charge in [0.1, 0.15) is 12.1 Å². The van der Waals surface area contributed by atoms with Crippen LogP contribution in [0.3, 0.4) is 0 Å². The minimum atomic E-state index is -0.850. The van der Waals surface area contributed by atoms with Gasteiger partial charge in [-0.25, -0.2) is 4.79 Å². The van der Waals surface area contributed by atoms with Crippen LogP contribution in [0.1, 0.15) is 40.0 Å². The molecule has 0 spiro atoms. The van der Waals surface area contributed by atoms with Crippen LogP contribution in [0.25, 0.3) is 0 Å². The third-order valence-corrected chi connectivity index (χ3v) is 4.18. The lowest BCUT2D eigenvalue weighted by Crippen LogP contribution is -2.41. The number of carbonyl (C=O) groups is 2. The van der Waals surface area contributed by atoms with Gasteiger partial charge in [-0.3, -0.25) is 4.79 Å². The third-order valence-electron chi connectivity index (χ3n) is 4.18. The van der Waals surface area contributed by atoms with Crippen LogP contribution < -0.4 is 4.90 Å². The highest BCUT2D eigenvalue weighted by Gasteiger charge is 2.28. The molecule has 25 heavy (non-hydrogen) atoms. The molecule has 2 rings (SSSR count). The van der Waals surface area contributed by atoms with Crippen LogP contribution in [0.4, 0.5) is 10.5 Å². The second-order valence-corrected chi connectivity index (χ2v) is 7.41. The molecule has 1 saturated heterocycles. The number of hydrogen-bond acceptors (Lipinski definition) is 4. The van der Waals surface area contributed by atoms with Crippen molar-refractivity contribution in [2.24, 2.45) is 0 Å². The van der Waals surface area contributed by atoms with Gasteiger partial charge in [0.05, 0.1) is 0 Å². The predicted molar refractivity (Wildman–Crippen MR) is 96.9 cm³/mol. The van der Waals surface area contributed by atoms with E-state index >= 15 is 0 Å². The number of ether oxygens (including phenoxy) is 1. The fraction of sp³-hybridized carbons (Fsp3) is 0.579. The summed E-state index contributed by atoms with van der Waals surface area (Å²) in [6.45, 7) is 6.74. The van der Waals surface area contributed by atoms with Gasteiger partial charge in [-0.2, -0.15) is 0 Å². The van der Waals surface area contributed by atoms with E-state index in [4.69, 9.17) is 4.74 Å². The molecule has 1 aliphatic rings. The molecule has 1 amide bonds. The summed E-state index contributed by atoms with van der Waals surface area (Å²) in [5, 5.41) is 9.29. The van der Waals surface area contributed by atoms with Gasteiger partial charge >= 0.3 is 12.1 Å². The van der Waals surface area contributed by atoms with Crippen molar-refractivity contribution < 1.29 is 19.4 Å². The normalized spacial score (nSPS) is 18.4. The SMILES string of the molecule is CC(C)(C)OC(=O)N1CCCC(N(CC(=O)O)c2ccccc2)CC1. The maximum Gasteiger partial charge on any atom is 0.410 e. The van der Waals surface area contributed by atoms with Crippen LogP contribution >= 0.6 is 0 Å². The van der Waals surface area contributed by atoms with E-state index in [9.17, 15) is 14.7 Å². The monoisotopic (exact) mass is 348 g/mol. The smallest absolute Gasteiger partial charge is 0.410 e. The molecule has 0 aromatic heterocycles. The first-order valence-corrected chi connectivity index (χ1v) is 8.77. The summed E-state index contributed by atoms with van der Waals surface area (Å²) >= 11 is 0. The molecule has 1 unspecified atom stereocenters. The van der Waals surface area contributed by atoms with Crippen molar-refractivity contribution in [3.05, 3.63) is 30.3 Å². The maximum atomic E-state index is 12.3. The van der Waals surface area contributed by atoms with E-state index in [2.05, 4.69) is 0 Å². The molecule has 6 nitrogen and oxygen atoms in total. The van der Waals surface area contributed by atoms with Crippen LogP contribution in [-0.2, 0) is 9.53 Å². The zero-order chi connectivity index (χ0) is 18.4. The highest BCUT2D eigenvalue weighted by atomic mass is 16.6. The minimum absolute atomic E-state index is 0.0406. The minimum Gasteiger partial charge on any atom is -0.480 e. The first-order valence-electron chi connectivity index (χ1n) is 8.77. The van der Waals surface area contributed by atoms with Crippen molar-refractivity contribution in [1.82, 2.24) is 4.90 Å². The lowest BCUT2D eigenvalue weighted by Gasteiger charge is -2.32. The predicted octanol–water partition coefficient (Wildman–Crippen LogP) is 3.37. The van der Waals surface area contributed by atoms with Crippen LogP contribution in [0.2, 0.25) is 0 Å². The van der Waals surface area contributed by atoms with Gasteiger partial charge in [0.2, 0.25) is 0 Å². The largest absolute Gasteiger partial charge is 0.480 e. The average Bonchev–Trinajstić information content (AvgIpc) is 2.77. The number of hydrogen-bond donors (Lipinski definition) is 1.